The highest BCUT2D eigenvalue weighted by Gasteiger charge is 2.36. The van der Waals surface area contributed by atoms with Crippen LogP contribution in [0.5, 0.6) is 5.75 Å². The fraction of sp³-hybridized carbons (Fsp3) is 0.364. The zero-order chi connectivity index (χ0) is 18.7. The molecule has 0 unspecified atom stereocenters. The molecule has 0 aliphatic carbocycles. The summed E-state index contributed by atoms with van der Waals surface area (Å²) in [4.78, 5) is 13.1. The van der Waals surface area contributed by atoms with Crippen molar-refractivity contribution in [2.24, 2.45) is 11.0 Å². The van der Waals surface area contributed by atoms with Crippen molar-refractivity contribution in [1.82, 2.24) is 5.01 Å². The molecule has 0 aromatic heterocycles. The van der Waals surface area contributed by atoms with Crippen LogP contribution in [0.4, 0.5) is 0 Å². The third-order valence-electron chi connectivity index (χ3n) is 5.23. The number of phenols is 1. The van der Waals surface area contributed by atoms with E-state index in [9.17, 15) is 9.90 Å². The van der Waals surface area contributed by atoms with Gasteiger partial charge < -0.3 is 5.11 Å². The van der Waals surface area contributed by atoms with Crippen LogP contribution >= 0.6 is 0 Å². The van der Waals surface area contributed by atoms with E-state index in [1.54, 1.807) is 17.1 Å². The van der Waals surface area contributed by atoms with Gasteiger partial charge in [0, 0.05) is 17.9 Å². The van der Waals surface area contributed by atoms with Gasteiger partial charge in [0.05, 0.1) is 11.8 Å². The summed E-state index contributed by atoms with van der Waals surface area (Å²) in [6.45, 7) is 6.14. The average Bonchev–Trinajstić information content (AvgIpc) is 3.08. The molecular formula is C22H26N2O2. The van der Waals surface area contributed by atoms with Crippen molar-refractivity contribution in [3.8, 4) is 5.75 Å². The van der Waals surface area contributed by atoms with Crippen LogP contribution in [0.15, 0.2) is 53.6 Å². The number of rotatable bonds is 5. The highest BCUT2D eigenvalue weighted by Crippen LogP contribution is 2.37. The molecule has 3 rings (SSSR count). The summed E-state index contributed by atoms with van der Waals surface area (Å²) >= 11 is 0. The first kappa shape index (κ1) is 18.2. The normalized spacial score (nSPS) is 16.8. The Kier molecular flexibility index (Phi) is 5.40. The van der Waals surface area contributed by atoms with Gasteiger partial charge in [0.15, 0.2) is 0 Å². The second-order valence-corrected chi connectivity index (χ2v) is 6.84. The van der Waals surface area contributed by atoms with Gasteiger partial charge in [-0.3, -0.25) is 4.79 Å². The molecule has 0 saturated heterocycles. The van der Waals surface area contributed by atoms with E-state index in [1.807, 2.05) is 38.1 Å². The Labute approximate surface area is 155 Å². The molecule has 1 N–H and O–H groups in total. The molecule has 4 nitrogen and oxygen atoms in total. The van der Waals surface area contributed by atoms with Crippen LogP contribution in [0, 0.1) is 12.8 Å². The SMILES string of the molecule is CCC(CC)C(=O)N1N=C(c2ccccc2O)C[C@H]1c1ccccc1C. The molecule has 1 aliphatic heterocycles. The van der Waals surface area contributed by atoms with E-state index >= 15 is 0 Å². The summed E-state index contributed by atoms with van der Waals surface area (Å²) in [7, 11) is 0. The quantitative estimate of drug-likeness (QED) is 0.841. The van der Waals surface area contributed by atoms with E-state index in [0.29, 0.717) is 12.0 Å². The van der Waals surface area contributed by atoms with Crippen molar-refractivity contribution in [3.05, 3.63) is 65.2 Å². The molecule has 1 amide bonds. The van der Waals surface area contributed by atoms with E-state index in [-0.39, 0.29) is 23.6 Å². The van der Waals surface area contributed by atoms with Crippen molar-refractivity contribution in [3.63, 3.8) is 0 Å². The number of carbonyl (C=O) groups is 1. The molecule has 0 bridgehead atoms. The van der Waals surface area contributed by atoms with E-state index in [2.05, 4.69) is 24.2 Å². The van der Waals surface area contributed by atoms with Gasteiger partial charge in [0.2, 0.25) is 5.91 Å². The molecule has 0 fully saturated rings. The standard InChI is InChI=1S/C22H26N2O2/c1-4-16(5-2)22(26)24-20(17-11-7-6-10-15(17)3)14-19(23-24)18-12-8-9-13-21(18)25/h6-13,16,20,25H,4-5,14H2,1-3H3/t20-/m0/s1. The first-order valence-corrected chi connectivity index (χ1v) is 9.31. The van der Waals surface area contributed by atoms with Gasteiger partial charge in [-0.1, -0.05) is 50.2 Å². The monoisotopic (exact) mass is 350 g/mol. The number of phenolic OH excluding ortho intramolecular Hbond substituents is 1. The van der Waals surface area contributed by atoms with E-state index in [4.69, 9.17) is 0 Å². The highest BCUT2D eigenvalue weighted by molar-refractivity contribution is 6.05. The molecular weight excluding hydrogens is 324 g/mol. The molecule has 1 atom stereocenters. The molecule has 0 radical (unpaired) electrons. The van der Waals surface area contributed by atoms with E-state index in [1.165, 1.54) is 0 Å². The van der Waals surface area contributed by atoms with Gasteiger partial charge in [-0.25, -0.2) is 5.01 Å². The second kappa shape index (κ2) is 7.73. The number of benzene rings is 2. The number of hydrogen-bond donors (Lipinski definition) is 1. The molecule has 136 valence electrons. The van der Waals surface area contributed by atoms with Crippen molar-refractivity contribution < 1.29 is 9.90 Å². The average molecular weight is 350 g/mol. The van der Waals surface area contributed by atoms with Crippen LogP contribution in [-0.4, -0.2) is 21.7 Å². The van der Waals surface area contributed by atoms with E-state index < -0.39 is 0 Å². The Hall–Kier alpha value is -2.62. The van der Waals surface area contributed by atoms with E-state index in [0.717, 1.165) is 29.7 Å². The summed E-state index contributed by atoms with van der Waals surface area (Å²) in [5.74, 6) is 0.231. The summed E-state index contributed by atoms with van der Waals surface area (Å²) in [6.07, 6.45) is 2.20. The maximum absolute atomic E-state index is 13.1. The Morgan fingerprint density at radius 3 is 2.46 bits per heavy atom. The number of aromatic hydroxyl groups is 1. The highest BCUT2D eigenvalue weighted by atomic mass is 16.3. The predicted molar refractivity (Wildman–Crippen MR) is 104 cm³/mol. The lowest BCUT2D eigenvalue weighted by Crippen LogP contribution is -2.32. The Balaban J connectivity index is 2.03. The number of amides is 1. The largest absolute Gasteiger partial charge is 0.507 e. The van der Waals surface area contributed by atoms with Crippen LogP contribution in [-0.2, 0) is 4.79 Å². The third-order valence-corrected chi connectivity index (χ3v) is 5.23. The van der Waals surface area contributed by atoms with Crippen molar-refractivity contribution in [2.45, 2.75) is 46.1 Å². The van der Waals surface area contributed by atoms with Crippen molar-refractivity contribution >= 4 is 11.6 Å². The second-order valence-electron chi connectivity index (χ2n) is 6.84. The van der Waals surface area contributed by atoms with Gasteiger partial charge >= 0.3 is 0 Å². The Bertz CT molecular complexity index is 824. The lowest BCUT2D eigenvalue weighted by atomic mass is 9.94. The molecule has 1 aliphatic rings. The smallest absolute Gasteiger partial charge is 0.246 e. The number of hydrazone groups is 1. The summed E-state index contributed by atoms with van der Waals surface area (Å²) < 4.78 is 0. The minimum atomic E-state index is -0.126. The first-order chi connectivity index (χ1) is 12.6. The minimum absolute atomic E-state index is 0.0333. The number of carbonyl (C=O) groups excluding carboxylic acids is 1. The topological polar surface area (TPSA) is 52.9 Å². The van der Waals surface area contributed by atoms with Crippen molar-refractivity contribution in [2.75, 3.05) is 0 Å². The minimum Gasteiger partial charge on any atom is -0.507 e. The summed E-state index contributed by atoms with van der Waals surface area (Å²) in [5, 5.41) is 16.6. The molecule has 26 heavy (non-hydrogen) atoms. The number of para-hydroxylation sites is 1. The van der Waals surface area contributed by atoms with Crippen LogP contribution in [0.3, 0.4) is 0 Å². The van der Waals surface area contributed by atoms with Gasteiger partial charge in [0.25, 0.3) is 0 Å². The maximum Gasteiger partial charge on any atom is 0.246 e. The summed E-state index contributed by atoms with van der Waals surface area (Å²) in [6, 6.07) is 15.2. The third kappa shape index (κ3) is 3.36. The molecule has 2 aromatic carbocycles. The van der Waals surface area contributed by atoms with Gasteiger partial charge in [0.1, 0.15) is 5.75 Å². The van der Waals surface area contributed by atoms with Crippen LogP contribution in [0.1, 0.15) is 55.8 Å². The fourth-order valence-corrected chi connectivity index (χ4v) is 3.62. The zero-order valence-electron chi connectivity index (χ0n) is 15.6. The first-order valence-electron chi connectivity index (χ1n) is 9.31. The molecule has 1 heterocycles. The summed E-state index contributed by atoms with van der Waals surface area (Å²) in [5.41, 5.74) is 3.72. The van der Waals surface area contributed by atoms with Gasteiger partial charge in [-0.15, -0.1) is 0 Å². The Morgan fingerprint density at radius 1 is 1.15 bits per heavy atom. The maximum atomic E-state index is 13.1. The number of nitrogens with zero attached hydrogens (tertiary/aromatic N) is 2. The van der Waals surface area contributed by atoms with Crippen LogP contribution in [0.2, 0.25) is 0 Å². The van der Waals surface area contributed by atoms with Crippen LogP contribution < -0.4 is 0 Å². The van der Waals surface area contributed by atoms with Gasteiger partial charge in [-0.05, 0) is 43.0 Å². The fourth-order valence-electron chi connectivity index (χ4n) is 3.62. The number of aryl methyl sites for hydroxylation is 1. The molecule has 0 spiro atoms. The zero-order valence-corrected chi connectivity index (χ0v) is 15.6. The number of hydrogen-bond acceptors (Lipinski definition) is 3. The molecule has 0 saturated carbocycles. The predicted octanol–water partition coefficient (Wildman–Crippen LogP) is 4.81. The lowest BCUT2D eigenvalue weighted by Gasteiger charge is -2.26. The molecule has 4 heteroatoms. The lowest BCUT2D eigenvalue weighted by molar-refractivity contribution is -0.137. The Morgan fingerprint density at radius 2 is 1.81 bits per heavy atom. The molecule has 2 aromatic rings. The van der Waals surface area contributed by atoms with Crippen molar-refractivity contribution in [1.29, 1.82) is 0 Å². The van der Waals surface area contributed by atoms with Crippen LogP contribution in [0.25, 0.3) is 0 Å². The van der Waals surface area contributed by atoms with Gasteiger partial charge in [-0.2, -0.15) is 5.10 Å².